The van der Waals surface area contributed by atoms with Crippen molar-refractivity contribution in [1.82, 2.24) is 15.6 Å². The van der Waals surface area contributed by atoms with Crippen molar-refractivity contribution >= 4 is 50.7 Å². The molecule has 0 aliphatic heterocycles. The SMILES string of the molecule is CCNC(=NCc1cc(F)ccc1CS(C)(=O)=O)NCCc1c[nH]c2c(C)cccc12.I. The second-order valence-corrected chi connectivity index (χ2v) is 9.81. The second kappa shape index (κ2) is 11.6. The molecule has 1 heterocycles. The third-order valence-electron chi connectivity index (χ3n) is 5.03. The van der Waals surface area contributed by atoms with Crippen molar-refractivity contribution in [1.29, 1.82) is 0 Å². The summed E-state index contributed by atoms with van der Waals surface area (Å²) in [5.74, 6) is 0.0605. The van der Waals surface area contributed by atoms with Crippen LogP contribution in [0.25, 0.3) is 10.9 Å². The van der Waals surface area contributed by atoms with Crippen molar-refractivity contribution in [3.8, 4) is 0 Å². The summed E-state index contributed by atoms with van der Waals surface area (Å²) in [5, 5.41) is 7.70. The van der Waals surface area contributed by atoms with E-state index in [4.69, 9.17) is 0 Å². The molecule has 0 fully saturated rings. The van der Waals surface area contributed by atoms with Gasteiger partial charge < -0.3 is 15.6 Å². The number of H-pyrrole nitrogens is 1. The highest BCUT2D eigenvalue weighted by Gasteiger charge is 2.11. The average Bonchev–Trinajstić information content (AvgIpc) is 3.11. The Hall–Kier alpha value is -2.14. The molecule has 32 heavy (non-hydrogen) atoms. The van der Waals surface area contributed by atoms with Crippen LogP contribution in [-0.4, -0.2) is 38.7 Å². The van der Waals surface area contributed by atoms with Gasteiger partial charge in [0, 0.05) is 36.4 Å². The number of guanidine groups is 1. The fraction of sp³-hybridized carbons (Fsp3) is 0.348. The number of aliphatic imine (C=N–C) groups is 1. The molecule has 0 saturated carbocycles. The number of aryl methyl sites for hydroxylation is 1. The third-order valence-corrected chi connectivity index (χ3v) is 5.87. The van der Waals surface area contributed by atoms with Crippen LogP contribution in [0, 0.1) is 12.7 Å². The van der Waals surface area contributed by atoms with E-state index in [1.165, 1.54) is 41.0 Å². The Morgan fingerprint density at radius 2 is 1.91 bits per heavy atom. The Bertz CT molecular complexity index is 1190. The lowest BCUT2D eigenvalue weighted by molar-refractivity contribution is 0.600. The number of hydrogen-bond donors (Lipinski definition) is 3. The molecular weight excluding hydrogens is 542 g/mol. The zero-order valence-electron chi connectivity index (χ0n) is 18.5. The quantitative estimate of drug-likeness (QED) is 0.216. The molecule has 0 amide bonds. The number of rotatable bonds is 8. The molecule has 3 aromatic rings. The zero-order valence-corrected chi connectivity index (χ0v) is 21.7. The van der Waals surface area contributed by atoms with Gasteiger partial charge >= 0.3 is 0 Å². The summed E-state index contributed by atoms with van der Waals surface area (Å²) in [6.45, 7) is 5.59. The van der Waals surface area contributed by atoms with E-state index in [0.29, 0.717) is 30.2 Å². The fourth-order valence-electron chi connectivity index (χ4n) is 3.56. The van der Waals surface area contributed by atoms with Crippen molar-refractivity contribution in [2.75, 3.05) is 19.3 Å². The number of nitrogens with zero attached hydrogens (tertiary/aromatic N) is 1. The molecule has 3 N–H and O–H groups in total. The smallest absolute Gasteiger partial charge is 0.191 e. The van der Waals surface area contributed by atoms with Gasteiger partial charge in [0.2, 0.25) is 0 Å². The number of nitrogens with one attached hydrogen (secondary N) is 3. The molecule has 2 aromatic carbocycles. The van der Waals surface area contributed by atoms with Crippen molar-refractivity contribution in [2.24, 2.45) is 4.99 Å². The number of aromatic nitrogens is 1. The van der Waals surface area contributed by atoms with Gasteiger partial charge in [0.25, 0.3) is 0 Å². The van der Waals surface area contributed by atoms with Crippen molar-refractivity contribution < 1.29 is 12.8 Å². The van der Waals surface area contributed by atoms with Crippen molar-refractivity contribution in [3.63, 3.8) is 0 Å². The van der Waals surface area contributed by atoms with Gasteiger partial charge in [0.05, 0.1) is 12.3 Å². The topological polar surface area (TPSA) is 86.3 Å². The Morgan fingerprint density at radius 1 is 1.12 bits per heavy atom. The summed E-state index contributed by atoms with van der Waals surface area (Å²) < 4.78 is 37.1. The summed E-state index contributed by atoms with van der Waals surface area (Å²) in [6.07, 6.45) is 4.02. The average molecular weight is 572 g/mol. The highest BCUT2D eigenvalue weighted by Crippen LogP contribution is 2.21. The highest BCUT2D eigenvalue weighted by atomic mass is 127. The monoisotopic (exact) mass is 572 g/mol. The predicted octanol–water partition coefficient (Wildman–Crippen LogP) is 4.08. The largest absolute Gasteiger partial charge is 0.361 e. The van der Waals surface area contributed by atoms with Gasteiger partial charge in [-0.25, -0.2) is 17.8 Å². The van der Waals surface area contributed by atoms with Crippen LogP contribution in [-0.2, 0) is 28.6 Å². The number of hydrogen-bond acceptors (Lipinski definition) is 3. The maximum Gasteiger partial charge on any atom is 0.191 e. The first-order chi connectivity index (χ1) is 14.8. The molecule has 0 aliphatic carbocycles. The van der Waals surface area contributed by atoms with Gasteiger partial charge in [0.1, 0.15) is 5.82 Å². The number of halogens is 2. The Balaban J connectivity index is 0.00000363. The third kappa shape index (κ3) is 7.19. The van der Waals surface area contributed by atoms with E-state index < -0.39 is 15.7 Å². The lowest BCUT2D eigenvalue weighted by atomic mass is 10.1. The van der Waals surface area contributed by atoms with Gasteiger partial charge in [-0.3, -0.25) is 0 Å². The van der Waals surface area contributed by atoms with Crippen LogP contribution in [0.5, 0.6) is 0 Å². The minimum absolute atomic E-state index is 0. The highest BCUT2D eigenvalue weighted by molar-refractivity contribution is 14.0. The van der Waals surface area contributed by atoms with Crippen LogP contribution < -0.4 is 10.6 Å². The van der Waals surface area contributed by atoms with Crippen LogP contribution in [0.3, 0.4) is 0 Å². The lowest BCUT2D eigenvalue weighted by Crippen LogP contribution is -2.38. The second-order valence-electron chi connectivity index (χ2n) is 7.67. The summed E-state index contributed by atoms with van der Waals surface area (Å²) in [6, 6.07) is 10.4. The number of fused-ring (bicyclic) bond motifs is 1. The molecule has 174 valence electrons. The first-order valence-electron chi connectivity index (χ1n) is 10.3. The van der Waals surface area contributed by atoms with Crippen LogP contribution in [0.4, 0.5) is 4.39 Å². The molecular formula is C23H30FIN4O2S. The predicted molar refractivity (Wildman–Crippen MR) is 140 cm³/mol. The van der Waals surface area contributed by atoms with E-state index in [1.54, 1.807) is 0 Å². The van der Waals surface area contributed by atoms with E-state index in [0.717, 1.165) is 11.9 Å². The fourth-order valence-corrected chi connectivity index (χ4v) is 4.40. The van der Waals surface area contributed by atoms with E-state index in [2.05, 4.69) is 45.7 Å². The van der Waals surface area contributed by atoms with E-state index in [1.807, 2.05) is 13.1 Å². The molecule has 0 aliphatic rings. The Labute approximate surface area is 206 Å². The molecule has 0 unspecified atom stereocenters. The molecule has 1 aromatic heterocycles. The molecule has 0 radical (unpaired) electrons. The molecule has 0 saturated heterocycles. The van der Waals surface area contributed by atoms with Crippen LogP contribution in [0.2, 0.25) is 0 Å². The Kier molecular flexibility index (Phi) is 9.50. The molecule has 3 rings (SSSR count). The first-order valence-corrected chi connectivity index (χ1v) is 12.4. The zero-order chi connectivity index (χ0) is 22.4. The number of benzene rings is 2. The van der Waals surface area contributed by atoms with Gasteiger partial charge in [0.15, 0.2) is 15.8 Å². The van der Waals surface area contributed by atoms with Crippen LogP contribution in [0.1, 0.15) is 29.2 Å². The van der Waals surface area contributed by atoms with Crippen molar-refractivity contribution in [3.05, 3.63) is 70.7 Å². The van der Waals surface area contributed by atoms with Gasteiger partial charge in [-0.05, 0) is 54.7 Å². The lowest BCUT2D eigenvalue weighted by Gasteiger charge is -2.12. The number of para-hydroxylation sites is 1. The molecule has 6 nitrogen and oxygen atoms in total. The normalized spacial score (nSPS) is 11.9. The maximum atomic E-state index is 13.7. The van der Waals surface area contributed by atoms with E-state index >= 15 is 0 Å². The maximum absolute atomic E-state index is 13.7. The summed E-state index contributed by atoms with van der Waals surface area (Å²) >= 11 is 0. The number of sulfone groups is 1. The molecule has 0 atom stereocenters. The first kappa shape index (κ1) is 26.1. The summed E-state index contributed by atoms with van der Waals surface area (Å²) in [7, 11) is -3.23. The van der Waals surface area contributed by atoms with E-state index in [9.17, 15) is 12.8 Å². The standard InChI is InChI=1S/C23H29FN4O2S.HI/c1-4-25-23(26-11-10-17-13-27-22-16(2)6-5-7-21(17)22)28-14-19-12-20(24)9-8-18(19)15-31(3,29)30;/h5-9,12-13,27H,4,10-11,14-15H2,1-3H3,(H2,25,26,28);1H. The molecule has 0 spiro atoms. The number of aromatic amines is 1. The van der Waals surface area contributed by atoms with Gasteiger partial charge in [-0.1, -0.05) is 24.3 Å². The van der Waals surface area contributed by atoms with Crippen LogP contribution >= 0.6 is 24.0 Å². The minimum Gasteiger partial charge on any atom is -0.361 e. The summed E-state index contributed by atoms with van der Waals surface area (Å²) in [4.78, 5) is 7.87. The summed E-state index contributed by atoms with van der Waals surface area (Å²) in [5.41, 5.74) is 4.73. The van der Waals surface area contributed by atoms with Gasteiger partial charge in [-0.2, -0.15) is 0 Å². The van der Waals surface area contributed by atoms with Crippen molar-refractivity contribution in [2.45, 2.75) is 32.6 Å². The van der Waals surface area contributed by atoms with Gasteiger partial charge in [-0.15, -0.1) is 24.0 Å². The van der Waals surface area contributed by atoms with Crippen LogP contribution in [0.15, 0.2) is 47.6 Å². The minimum atomic E-state index is -3.23. The molecule has 0 bridgehead atoms. The van der Waals surface area contributed by atoms with E-state index in [-0.39, 0.29) is 36.3 Å². The Morgan fingerprint density at radius 3 is 2.62 bits per heavy atom. The molecule has 9 heteroatoms.